The van der Waals surface area contributed by atoms with Crippen LogP contribution >= 0.6 is 0 Å². The fourth-order valence-corrected chi connectivity index (χ4v) is 8.20. The first-order valence-electron chi connectivity index (χ1n) is 16.9. The minimum atomic E-state index is -3.86. The van der Waals surface area contributed by atoms with Gasteiger partial charge in [0.1, 0.15) is 24.2 Å². The molecule has 0 radical (unpaired) electrons. The van der Waals surface area contributed by atoms with Gasteiger partial charge in [-0.25, -0.2) is 18.2 Å². The third-order valence-electron chi connectivity index (χ3n) is 9.00. The summed E-state index contributed by atoms with van der Waals surface area (Å²) in [5.74, 6) is -2.74. The number of esters is 1. The van der Waals surface area contributed by atoms with Gasteiger partial charge in [-0.15, -0.1) is 0 Å². The van der Waals surface area contributed by atoms with Gasteiger partial charge in [0.25, 0.3) is 5.91 Å². The molecule has 5 atom stereocenters. The maximum atomic E-state index is 14.0. The van der Waals surface area contributed by atoms with Gasteiger partial charge in [0.05, 0.1) is 23.5 Å². The van der Waals surface area contributed by atoms with E-state index in [0.29, 0.717) is 25.1 Å². The molecule has 0 saturated carbocycles. The lowest BCUT2D eigenvalue weighted by molar-refractivity contribution is -0.159. The van der Waals surface area contributed by atoms with E-state index in [1.165, 1.54) is 11.0 Å². The maximum absolute atomic E-state index is 14.0. The molecular formula is C34H52N4O9S. The molecule has 1 fully saturated rings. The minimum Gasteiger partial charge on any atom is -0.460 e. The van der Waals surface area contributed by atoms with Crippen LogP contribution in [0.1, 0.15) is 83.6 Å². The smallest absolute Gasteiger partial charge is 0.330 e. The van der Waals surface area contributed by atoms with Gasteiger partial charge in [-0.1, -0.05) is 58.4 Å². The molecule has 3 heterocycles. The van der Waals surface area contributed by atoms with Crippen LogP contribution in [0.3, 0.4) is 0 Å². The molecule has 2 aliphatic rings. The average Bonchev–Trinajstić information content (AvgIpc) is 3.68. The number of carbonyl (C=O) groups excluding carboxylic acids is 4. The van der Waals surface area contributed by atoms with Crippen LogP contribution in [-0.2, 0) is 35.4 Å². The highest BCUT2D eigenvalue weighted by atomic mass is 32.2. The number of ketones is 1. The molecule has 48 heavy (non-hydrogen) atoms. The summed E-state index contributed by atoms with van der Waals surface area (Å²) in [5, 5.41) is 12.0. The Kier molecular flexibility index (Phi) is 14.5. The van der Waals surface area contributed by atoms with E-state index in [2.05, 4.69) is 10.3 Å². The predicted octanol–water partition coefficient (Wildman–Crippen LogP) is 2.49. The largest absolute Gasteiger partial charge is 0.460 e. The van der Waals surface area contributed by atoms with Gasteiger partial charge >= 0.3 is 5.97 Å². The molecule has 2 aliphatic heterocycles. The van der Waals surface area contributed by atoms with Crippen molar-refractivity contribution in [2.75, 3.05) is 38.5 Å². The summed E-state index contributed by atoms with van der Waals surface area (Å²) in [6, 6.07) is -1.42. The molecule has 1 aromatic rings. The van der Waals surface area contributed by atoms with Gasteiger partial charge in [0.15, 0.2) is 15.5 Å². The number of nitrogens with zero attached hydrogens (tertiary/aromatic N) is 3. The highest BCUT2D eigenvalue weighted by Gasteiger charge is 2.50. The lowest BCUT2D eigenvalue weighted by atomic mass is 9.90. The molecule has 14 heteroatoms. The fraction of sp³-hybridized carbons (Fsp3) is 0.676. The van der Waals surface area contributed by atoms with Crippen molar-refractivity contribution >= 4 is 33.4 Å². The number of hydrogen-bond acceptors (Lipinski definition) is 11. The zero-order chi connectivity index (χ0) is 35.6. The second kappa shape index (κ2) is 17.9. The molecule has 0 spiro atoms. The maximum Gasteiger partial charge on any atom is 0.330 e. The Morgan fingerprint density at radius 3 is 2.52 bits per heavy atom. The highest BCUT2D eigenvalue weighted by molar-refractivity contribution is 7.92. The van der Waals surface area contributed by atoms with E-state index in [1.807, 2.05) is 39.5 Å². The lowest BCUT2D eigenvalue weighted by Crippen LogP contribution is -2.50. The van der Waals surface area contributed by atoms with Crippen LogP contribution in [0.2, 0.25) is 0 Å². The highest BCUT2D eigenvalue weighted by Crippen LogP contribution is 2.30. The van der Waals surface area contributed by atoms with Crippen molar-refractivity contribution in [3.05, 3.63) is 41.6 Å². The summed E-state index contributed by atoms with van der Waals surface area (Å²) in [4.78, 5) is 60.4. The van der Waals surface area contributed by atoms with Gasteiger partial charge in [-0.05, 0) is 44.7 Å². The third kappa shape index (κ3) is 10.8. The topological polar surface area (TPSA) is 176 Å². The number of carbonyl (C=O) groups is 4. The number of sulfone groups is 1. The molecule has 1 unspecified atom stereocenters. The molecule has 13 nitrogen and oxygen atoms in total. The van der Waals surface area contributed by atoms with Crippen molar-refractivity contribution in [1.29, 1.82) is 0 Å². The van der Waals surface area contributed by atoms with Crippen LogP contribution in [0.5, 0.6) is 0 Å². The van der Waals surface area contributed by atoms with E-state index >= 15 is 0 Å². The second-order valence-electron chi connectivity index (χ2n) is 13.1. The Bertz CT molecular complexity index is 1450. The van der Waals surface area contributed by atoms with Crippen LogP contribution in [0.15, 0.2) is 34.5 Å². The molecule has 2 bridgehead atoms. The summed E-state index contributed by atoms with van der Waals surface area (Å²) in [5.41, 5.74) is 0.534. The zero-order valence-corrected chi connectivity index (χ0v) is 29.8. The molecule has 268 valence electrons. The van der Waals surface area contributed by atoms with E-state index < -0.39 is 45.2 Å². The Labute approximate surface area is 284 Å². The number of amides is 2. The van der Waals surface area contributed by atoms with Crippen LogP contribution in [0.4, 0.5) is 0 Å². The number of aliphatic hydroxyl groups excluding tert-OH is 1. The SMILES string of the molecule is CCN(CC)CCS(=O)(=O)[C@@H]1CCN2C(=O)c3coc(n3)CC(=O)C[C@H](O)/C=C(C)/C=C/CNC(=O)CC[C@@H](C)C(C(C)C)OC(=O)[C@@H]12. The Morgan fingerprint density at radius 2 is 1.85 bits per heavy atom. The van der Waals surface area contributed by atoms with E-state index in [0.717, 1.165) is 6.26 Å². The molecular weight excluding hydrogens is 640 g/mol. The third-order valence-corrected chi connectivity index (χ3v) is 11.2. The number of hydrogen-bond donors (Lipinski definition) is 2. The number of aromatic nitrogens is 1. The van der Waals surface area contributed by atoms with Crippen molar-refractivity contribution < 1.29 is 41.9 Å². The number of fused-ring (bicyclic) bond motifs is 3. The molecule has 1 aromatic heterocycles. The number of ether oxygens (including phenoxy) is 1. The van der Waals surface area contributed by atoms with Crippen LogP contribution < -0.4 is 5.32 Å². The van der Waals surface area contributed by atoms with Gasteiger partial charge in [-0.2, -0.15) is 0 Å². The first-order valence-corrected chi connectivity index (χ1v) is 18.6. The van der Waals surface area contributed by atoms with Crippen molar-refractivity contribution in [3.8, 4) is 0 Å². The van der Waals surface area contributed by atoms with Gasteiger partial charge < -0.3 is 29.4 Å². The molecule has 2 N–H and O–H groups in total. The summed E-state index contributed by atoms with van der Waals surface area (Å²) < 4.78 is 39.0. The van der Waals surface area contributed by atoms with Gasteiger partial charge in [-0.3, -0.25) is 14.4 Å². The number of nitrogens with one attached hydrogen (secondary N) is 1. The monoisotopic (exact) mass is 692 g/mol. The predicted molar refractivity (Wildman–Crippen MR) is 180 cm³/mol. The van der Waals surface area contributed by atoms with Crippen molar-refractivity contribution in [2.45, 2.75) is 97.1 Å². The van der Waals surface area contributed by atoms with Gasteiger partial charge in [0.2, 0.25) is 11.8 Å². The van der Waals surface area contributed by atoms with Crippen LogP contribution in [0.25, 0.3) is 0 Å². The number of aliphatic hydroxyl groups is 1. The number of Topliss-reactive ketones (excluding diaryl/α,β-unsaturated/α-hetero) is 1. The zero-order valence-electron chi connectivity index (χ0n) is 29.0. The molecule has 0 aliphatic carbocycles. The summed E-state index contributed by atoms with van der Waals surface area (Å²) in [7, 11) is -3.86. The van der Waals surface area contributed by atoms with Crippen LogP contribution in [0, 0.1) is 11.8 Å². The Balaban J connectivity index is 1.97. The number of allylic oxidation sites excluding steroid dienone is 2. The summed E-state index contributed by atoms with van der Waals surface area (Å²) >= 11 is 0. The quantitative estimate of drug-likeness (QED) is 0.402. The lowest BCUT2D eigenvalue weighted by Gasteiger charge is -2.32. The number of cyclic esters (lactones) is 1. The summed E-state index contributed by atoms with van der Waals surface area (Å²) in [6.07, 6.45) is 4.50. The van der Waals surface area contributed by atoms with Crippen LogP contribution in [-0.4, -0.2) is 114 Å². The Morgan fingerprint density at radius 1 is 1.15 bits per heavy atom. The molecule has 2 amide bonds. The second-order valence-corrected chi connectivity index (χ2v) is 15.4. The Hall–Kier alpha value is -3.36. The molecule has 3 rings (SSSR count). The molecule has 0 aromatic carbocycles. The normalized spacial score (nSPS) is 27.7. The van der Waals surface area contributed by atoms with Gasteiger partial charge in [0, 0.05) is 32.5 Å². The first-order chi connectivity index (χ1) is 22.7. The van der Waals surface area contributed by atoms with Crippen molar-refractivity contribution in [2.24, 2.45) is 11.8 Å². The minimum absolute atomic E-state index is 0.0249. The van der Waals surface area contributed by atoms with E-state index in [1.54, 1.807) is 19.1 Å². The molecule has 1 saturated heterocycles. The first kappa shape index (κ1) is 39.1. The van der Waals surface area contributed by atoms with E-state index in [4.69, 9.17) is 9.15 Å². The summed E-state index contributed by atoms with van der Waals surface area (Å²) in [6.45, 7) is 13.1. The van der Waals surface area contributed by atoms with Crippen molar-refractivity contribution in [1.82, 2.24) is 20.1 Å². The fourth-order valence-electron chi connectivity index (χ4n) is 6.27. The van der Waals surface area contributed by atoms with E-state index in [-0.39, 0.29) is 86.2 Å². The number of oxazole rings is 1. The standard InChI is InChI=1S/C34H52N4O9S/c1-7-37(8-2)16-17-48(44,45)28-13-15-38-31(28)34(43)47-32(22(3)4)24(6)11-12-29(41)35-14-9-10-23(5)18-25(39)19-26(40)20-30-36-27(21-46-30)33(38)42/h9-10,18,21-22,24-25,28,31-32,39H,7-8,11-17,19-20H2,1-6H3,(H,35,41)/b10-9+,23-18+/t24-,25-,28-,31-,32?/m1/s1. The van der Waals surface area contributed by atoms with E-state index in [9.17, 15) is 32.7 Å². The average molecular weight is 693 g/mol. The number of rotatable bonds is 7. The van der Waals surface area contributed by atoms with Crippen molar-refractivity contribution in [3.63, 3.8) is 0 Å².